The number of rotatable bonds is 3. The van der Waals surface area contributed by atoms with Gasteiger partial charge in [0, 0.05) is 24.0 Å². The second kappa shape index (κ2) is 4.01. The van der Waals surface area contributed by atoms with Crippen molar-refractivity contribution < 1.29 is 4.79 Å². The van der Waals surface area contributed by atoms with Crippen molar-refractivity contribution in [3.8, 4) is 11.3 Å². The van der Waals surface area contributed by atoms with E-state index in [4.69, 9.17) is 0 Å². The van der Waals surface area contributed by atoms with Gasteiger partial charge in [-0.2, -0.15) is 5.10 Å². The molecule has 1 fully saturated rings. The summed E-state index contributed by atoms with van der Waals surface area (Å²) < 4.78 is 0. The lowest BCUT2D eigenvalue weighted by atomic mass is 10.1. The number of nitrogens with one attached hydrogen (secondary N) is 2. The topological polar surface area (TPSA) is 70.7 Å². The van der Waals surface area contributed by atoms with E-state index in [-0.39, 0.29) is 5.91 Å². The van der Waals surface area contributed by atoms with E-state index in [0.29, 0.717) is 11.6 Å². The van der Waals surface area contributed by atoms with E-state index in [2.05, 4.69) is 20.5 Å². The van der Waals surface area contributed by atoms with E-state index in [1.54, 1.807) is 18.6 Å². The zero-order valence-corrected chi connectivity index (χ0v) is 9.18. The van der Waals surface area contributed by atoms with Crippen LogP contribution in [0.5, 0.6) is 0 Å². The molecule has 17 heavy (non-hydrogen) atoms. The van der Waals surface area contributed by atoms with Gasteiger partial charge >= 0.3 is 0 Å². The molecule has 2 N–H and O–H groups in total. The maximum Gasteiger partial charge on any atom is 0.255 e. The van der Waals surface area contributed by atoms with Gasteiger partial charge in [-0.3, -0.25) is 14.9 Å². The maximum absolute atomic E-state index is 12.0. The number of aromatic amines is 1. The molecule has 2 heterocycles. The minimum atomic E-state index is -0.0620. The van der Waals surface area contributed by atoms with Crippen LogP contribution < -0.4 is 5.32 Å². The van der Waals surface area contributed by atoms with Gasteiger partial charge in [-0.25, -0.2) is 0 Å². The Labute approximate surface area is 98.3 Å². The Bertz CT molecular complexity index is 530. The number of aromatic nitrogens is 3. The third-order valence-electron chi connectivity index (χ3n) is 2.77. The fraction of sp³-hybridized carbons (Fsp3) is 0.250. The fourth-order valence-electron chi connectivity index (χ4n) is 1.69. The van der Waals surface area contributed by atoms with Crippen molar-refractivity contribution in [3.63, 3.8) is 0 Å². The van der Waals surface area contributed by atoms with Crippen LogP contribution in [0.3, 0.4) is 0 Å². The molecule has 0 atom stereocenters. The normalized spacial score (nSPS) is 14.6. The quantitative estimate of drug-likeness (QED) is 0.833. The number of carbonyl (C=O) groups excluding carboxylic acids is 1. The summed E-state index contributed by atoms with van der Waals surface area (Å²) in [6, 6.07) is 4.05. The highest BCUT2D eigenvalue weighted by Crippen LogP contribution is 2.23. The molecule has 2 aromatic heterocycles. The Hall–Kier alpha value is -2.17. The van der Waals surface area contributed by atoms with Gasteiger partial charge in [0.05, 0.1) is 17.5 Å². The number of nitrogens with zero attached hydrogens (tertiary/aromatic N) is 2. The monoisotopic (exact) mass is 228 g/mol. The summed E-state index contributed by atoms with van der Waals surface area (Å²) in [6.07, 6.45) is 7.10. The van der Waals surface area contributed by atoms with Crippen molar-refractivity contribution in [1.29, 1.82) is 0 Å². The minimum Gasteiger partial charge on any atom is -0.349 e. The Morgan fingerprint density at radius 2 is 2.12 bits per heavy atom. The second-order valence-electron chi connectivity index (χ2n) is 4.14. The molecule has 1 aliphatic rings. The first-order valence-corrected chi connectivity index (χ1v) is 5.59. The molecule has 5 heteroatoms. The number of hydrogen-bond donors (Lipinski definition) is 2. The van der Waals surface area contributed by atoms with Crippen LogP contribution in [0.25, 0.3) is 11.3 Å². The largest absolute Gasteiger partial charge is 0.349 e. The van der Waals surface area contributed by atoms with Crippen LogP contribution in [0.15, 0.2) is 30.7 Å². The van der Waals surface area contributed by atoms with Gasteiger partial charge in [-0.1, -0.05) is 0 Å². The molecule has 1 aliphatic carbocycles. The van der Waals surface area contributed by atoms with Crippen LogP contribution in [0, 0.1) is 0 Å². The molecule has 1 amide bonds. The lowest BCUT2D eigenvalue weighted by Gasteiger charge is -2.03. The molecule has 0 saturated heterocycles. The number of carbonyl (C=O) groups is 1. The zero-order valence-electron chi connectivity index (χ0n) is 9.18. The molecule has 1 saturated carbocycles. The summed E-state index contributed by atoms with van der Waals surface area (Å²) >= 11 is 0. The molecule has 5 nitrogen and oxygen atoms in total. The van der Waals surface area contributed by atoms with Crippen molar-refractivity contribution in [2.24, 2.45) is 0 Å². The van der Waals surface area contributed by atoms with E-state index in [1.165, 1.54) is 0 Å². The molecular weight excluding hydrogens is 216 g/mol. The summed E-state index contributed by atoms with van der Waals surface area (Å²) in [5.41, 5.74) is 2.24. The Balaban J connectivity index is 1.90. The Morgan fingerprint density at radius 3 is 2.82 bits per heavy atom. The highest BCUT2D eigenvalue weighted by molar-refractivity contribution is 5.99. The van der Waals surface area contributed by atoms with Gasteiger partial charge < -0.3 is 5.32 Å². The Kier molecular flexibility index (Phi) is 2.36. The first kappa shape index (κ1) is 10.0. The minimum absolute atomic E-state index is 0.0620. The summed E-state index contributed by atoms with van der Waals surface area (Å²) in [5, 5.41) is 9.75. The zero-order chi connectivity index (χ0) is 11.7. The van der Waals surface area contributed by atoms with Gasteiger partial charge in [0.15, 0.2) is 0 Å². The van der Waals surface area contributed by atoms with Gasteiger partial charge in [0.25, 0.3) is 5.91 Å². The maximum atomic E-state index is 12.0. The lowest BCUT2D eigenvalue weighted by molar-refractivity contribution is 0.0952. The van der Waals surface area contributed by atoms with E-state index in [1.807, 2.05) is 12.1 Å². The van der Waals surface area contributed by atoms with Gasteiger partial charge in [0.1, 0.15) is 0 Å². The predicted molar refractivity (Wildman–Crippen MR) is 62.3 cm³/mol. The molecule has 0 radical (unpaired) electrons. The van der Waals surface area contributed by atoms with E-state index < -0.39 is 0 Å². The van der Waals surface area contributed by atoms with Crippen LogP contribution in [0.2, 0.25) is 0 Å². The number of pyridine rings is 1. The second-order valence-corrected chi connectivity index (χ2v) is 4.14. The fourth-order valence-corrected chi connectivity index (χ4v) is 1.69. The highest BCUT2D eigenvalue weighted by Gasteiger charge is 2.25. The van der Waals surface area contributed by atoms with Crippen molar-refractivity contribution in [2.75, 3.05) is 0 Å². The van der Waals surface area contributed by atoms with Gasteiger partial charge in [-0.05, 0) is 25.0 Å². The van der Waals surface area contributed by atoms with E-state index in [9.17, 15) is 4.79 Å². The molecule has 0 spiro atoms. The first-order chi connectivity index (χ1) is 8.34. The van der Waals surface area contributed by atoms with Crippen LogP contribution in [0.1, 0.15) is 23.2 Å². The lowest BCUT2D eigenvalue weighted by Crippen LogP contribution is -2.25. The molecule has 0 unspecified atom stereocenters. The number of H-pyrrole nitrogens is 1. The summed E-state index contributed by atoms with van der Waals surface area (Å²) in [6.45, 7) is 0. The summed E-state index contributed by atoms with van der Waals surface area (Å²) in [4.78, 5) is 15.9. The molecule has 3 rings (SSSR count). The first-order valence-electron chi connectivity index (χ1n) is 5.59. The van der Waals surface area contributed by atoms with Crippen molar-refractivity contribution in [1.82, 2.24) is 20.5 Å². The van der Waals surface area contributed by atoms with Gasteiger partial charge in [-0.15, -0.1) is 0 Å². The molecule has 0 aliphatic heterocycles. The number of hydrogen-bond acceptors (Lipinski definition) is 3. The number of amides is 1. The Morgan fingerprint density at radius 1 is 1.35 bits per heavy atom. The van der Waals surface area contributed by atoms with Crippen molar-refractivity contribution >= 4 is 5.91 Å². The van der Waals surface area contributed by atoms with Crippen molar-refractivity contribution in [2.45, 2.75) is 18.9 Å². The average Bonchev–Trinajstić information content (AvgIpc) is 3.04. The van der Waals surface area contributed by atoms with Crippen LogP contribution in [0.4, 0.5) is 0 Å². The van der Waals surface area contributed by atoms with Gasteiger partial charge in [0.2, 0.25) is 0 Å². The smallest absolute Gasteiger partial charge is 0.255 e. The molecule has 86 valence electrons. The van der Waals surface area contributed by atoms with Crippen LogP contribution >= 0.6 is 0 Å². The molecule has 0 aromatic carbocycles. The third-order valence-corrected chi connectivity index (χ3v) is 2.77. The third kappa shape index (κ3) is 2.04. The van der Waals surface area contributed by atoms with Crippen LogP contribution in [-0.4, -0.2) is 27.1 Å². The molecule has 0 bridgehead atoms. The molecular formula is C12H12N4O. The standard InChI is InChI=1S/C12H12N4O/c17-12(15-9-1-2-9)10-7-14-16-11(10)8-3-5-13-6-4-8/h3-7,9H,1-2H2,(H,14,16)(H,15,17). The summed E-state index contributed by atoms with van der Waals surface area (Å²) in [7, 11) is 0. The van der Waals surface area contributed by atoms with Crippen molar-refractivity contribution in [3.05, 3.63) is 36.3 Å². The SMILES string of the molecule is O=C(NC1CC1)c1cn[nH]c1-c1ccncc1. The average molecular weight is 228 g/mol. The predicted octanol–water partition coefficient (Wildman–Crippen LogP) is 1.36. The van der Waals surface area contributed by atoms with Crippen LogP contribution in [-0.2, 0) is 0 Å². The highest BCUT2D eigenvalue weighted by atomic mass is 16.1. The van der Waals surface area contributed by atoms with E-state index >= 15 is 0 Å². The van der Waals surface area contributed by atoms with E-state index in [0.717, 1.165) is 24.1 Å². The molecule has 2 aromatic rings. The summed E-state index contributed by atoms with van der Waals surface area (Å²) in [5.74, 6) is -0.0620.